The molecule has 4 rings (SSSR count). The van der Waals surface area contributed by atoms with Crippen LogP contribution in [0, 0.1) is 0 Å². The minimum Gasteiger partial charge on any atom is -0.480 e. The number of benzene rings is 1. The smallest absolute Gasteiger partial charge is 0.326 e. The second-order valence-corrected chi connectivity index (χ2v) is 5.80. The van der Waals surface area contributed by atoms with Crippen LogP contribution in [0.25, 0.3) is 10.9 Å². The second kappa shape index (κ2) is 5.48. The molecule has 0 spiro atoms. The van der Waals surface area contributed by atoms with Crippen LogP contribution in [0.4, 0.5) is 0 Å². The summed E-state index contributed by atoms with van der Waals surface area (Å²) in [4.78, 5) is 32.8. The number of carbonyl (C=O) groups excluding carboxylic acids is 1. The molecule has 122 valence electrons. The molecule has 1 aromatic carbocycles. The van der Waals surface area contributed by atoms with Gasteiger partial charge in [0.1, 0.15) is 6.04 Å². The molecular weight excluding hydrogens is 310 g/mol. The highest BCUT2D eigenvalue weighted by molar-refractivity contribution is 5.89. The number of carboxylic acid groups (broad SMARTS) is 1. The summed E-state index contributed by atoms with van der Waals surface area (Å²) in [5, 5.41) is 17.4. The molecule has 0 aliphatic carbocycles. The van der Waals surface area contributed by atoms with Crippen LogP contribution in [0.2, 0.25) is 0 Å². The molecule has 1 amide bonds. The average Bonchev–Trinajstić information content (AvgIpc) is 3.20. The van der Waals surface area contributed by atoms with Crippen molar-refractivity contribution in [1.29, 1.82) is 0 Å². The molecule has 2 aromatic heterocycles. The first-order valence-corrected chi connectivity index (χ1v) is 7.59. The van der Waals surface area contributed by atoms with Gasteiger partial charge in [-0.25, -0.2) is 9.78 Å². The SMILES string of the molecule is O=C(O)[C@@H]1Cc2nc[nH]c2CN1C(=O)Cc1[nH]nc2ccccc12. The van der Waals surface area contributed by atoms with Crippen molar-refractivity contribution < 1.29 is 14.7 Å². The number of aromatic nitrogens is 4. The number of nitrogens with one attached hydrogen (secondary N) is 2. The molecule has 0 radical (unpaired) electrons. The fourth-order valence-electron chi connectivity index (χ4n) is 3.12. The molecule has 24 heavy (non-hydrogen) atoms. The van der Waals surface area contributed by atoms with Crippen LogP contribution in [0.5, 0.6) is 0 Å². The maximum Gasteiger partial charge on any atom is 0.326 e. The van der Waals surface area contributed by atoms with Gasteiger partial charge in [0.15, 0.2) is 0 Å². The van der Waals surface area contributed by atoms with Gasteiger partial charge in [-0.1, -0.05) is 18.2 Å². The summed E-state index contributed by atoms with van der Waals surface area (Å²) in [6.07, 6.45) is 1.82. The van der Waals surface area contributed by atoms with E-state index in [0.29, 0.717) is 11.4 Å². The van der Waals surface area contributed by atoms with E-state index >= 15 is 0 Å². The Morgan fingerprint density at radius 1 is 1.33 bits per heavy atom. The van der Waals surface area contributed by atoms with Crippen LogP contribution in [-0.4, -0.2) is 48.1 Å². The molecular formula is C16H15N5O3. The van der Waals surface area contributed by atoms with Gasteiger partial charge in [0.25, 0.3) is 0 Å². The molecule has 1 aliphatic rings. The van der Waals surface area contributed by atoms with E-state index in [2.05, 4.69) is 20.2 Å². The van der Waals surface area contributed by atoms with E-state index in [1.54, 1.807) is 0 Å². The molecule has 0 saturated heterocycles. The van der Waals surface area contributed by atoms with Crippen molar-refractivity contribution in [2.45, 2.75) is 25.4 Å². The van der Waals surface area contributed by atoms with E-state index in [-0.39, 0.29) is 25.3 Å². The molecule has 3 N–H and O–H groups in total. The molecule has 8 nitrogen and oxygen atoms in total. The number of carbonyl (C=O) groups is 2. The van der Waals surface area contributed by atoms with Crippen LogP contribution >= 0.6 is 0 Å². The fourth-order valence-corrected chi connectivity index (χ4v) is 3.12. The van der Waals surface area contributed by atoms with Crippen LogP contribution in [-0.2, 0) is 29.0 Å². The lowest BCUT2D eigenvalue weighted by atomic mass is 10.0. The van der Waals surface area contributed by atoms with Crippen molar-refractivity contribution in [3.8, 4) is 0 Å². The van der Waals surface area contributed by atoms with Gasteiger partial charge in [-0.15, -0.1) is 0 Å². The predicted molar refractivity (Wildman–Crippen MR) is 84.1 cm³/mol. The highest BCUT2D eigenvalue weighted by Gasteiger charge is 2.36. The first-order valence-electron chi connectivity index (χ1n) is 7.59. The van der Waals surface area contributed by atoms with Gasteiger partial charge in [0, 0.05) is 11.8 Å². The number of aromatic amines is 2. The number of rotatable bonds is 3. The minimum absolute atomic E-state index is 0.0771. The summed E-state index contributed by atoms with van der Waals surface area (Å²) < 4.78 is 0. The molecule has 0 unspecified atom stereocenters. The van der Waals surface area contributed by atoms with Gasteiger partial charge in [0.05, 0.1) is 41.9 Å². The standard InChI is InChI=1S/C16H15N5O3/c22-15(6-11-9-3-1-2-4-10(9)19-20-11)21-7-13-12(17-8-18-13)5-14(21)16(23)24/h1-4,8,14H,5-7H2,(H,17,18)(H,19,20)(H,23,24)/t14-/m0/s1. The first-order chi connectivity index (χ1) is 11.6. The Labute approximate surface area is 136 Å². The molecule has 0 bridgehead atoms. The lowest BCUT2D eigenvalue weighted by molar-refractivity contribution is -0.151. The van der Waals surface area contributed by atoms with Crippen LogP contribution in [0.1, 0.15) is 17.1 Å². The number of imidazole rings is 1. The Morgan fingerprint density at radius 2 is 2.17 bits per heavy atom. The third-order valence-corrected chi connectivity index (χ3v) is 4.37. The van der Waals surface area contributed by atoms with Gasteiger partial charge in [0.2, 0.25) is 5.91 Å². The lowest BCUT2D eigenvalue weighted by Crippen LogP contribution is -2.49. The number of aliphatic carboxylic acids is 1. The number of amides is 1. The van der Waals surface area contributed by atoms with Crippen molar-refractivity contribution in [2.75, 3.05) is 0 Å². The quantitative estimate of drug-likeness (QED) is 0.661. The summed E-state index contributed by atoms with van der Waals surface area (Å²) >= 11 is 0. The zero-order valence-electron chi connectivity index (χ0n) is 12.7. The maximum absolute atomic E-state index is 12.7. The number of hydrogen-bond donors (Lipinski definition) is 3. The topological polar surface area (TPSA) is 115 Å². The lowest BCUT2D eigenvalue weighted by Gasteiger charge is -2.32. The highest BCUT2D eigenvalue weighted by atomic mass is 16.4. The van der Waals surface area contributed by atoms with E-state index in [1.165, 1.54) is 11.2 Å². The second-order valence-electron chi connectivity index (χ2n) is 5.80. The fraction of sp³-hybridized carbons (Fsp3) is 0.250. The Kier molecular flexibility index (Phi) is 3.30. The van der Waals surface area contributed by atoms with Gasteiger partial charge in [-0.3, -0.25) is 9.89 Å². The molecule has 3 aromatic rings. The molecule has 0 fully saturated rings. The van der Waals surface area contributed by atoms with Crippen molar-refractivity contribution in [3.63, 3.8) is 0 Å². The molecule has 3 heterocycles. The summed E-state index contributed by atoms with van der Waals surface area (Å²) in [7, 11) is 0. The van der Waals surface area contributed by atoms with Gasteiger partial charge in [-0.05, 0) is 6.07 Å². The van der Waals surface area contributed by atoms with E-state index in [4.69, 9.17) is 0 Å². The van der Waals surface area contributed by atoms with Gasteiger partial charge < -0.3 is 15.0 Å². The van der Waals surface area contributed by atoms with E-state index in [0.717, 1.165) is 16.6 Å². The third-order valence-electron chi connectivity index (χ3n) is 4.37. The number of para-hydroxylation sites is 1. The van der Waals surface area contributed by atoms with E-state index < -0.39 is 12.0 Å². The Hall–Kier alpha value is -3.16. The summed E-state index contributed by atoms with van der Waals surface area (Å²) in [6.45, 7) is 0.219. The predicted octanol–water partition coefficient (Wildman–Crippen LogP) is 0.867. The molecule has 1 aliphatic heterocycles. The number of carboxylic acids is 1. The summed E-state index contributed by atoms with van der Waals surface area (Å²) in [5.41, 5.74) is 2.97. The Balaban J connectivity index is 1.62. The molecule has 8 heteroatoms. The highest BCUT2D eigenvalue weighted by Crippen LogP contribution is 2.23. The summed E-state index contributed by atoms with van der Waals surface area (Å²) in [6, 6.07) is 6.60. The van der Waals surface area contributed by atoms with Crippen LogP contribution in [0.3, 0.4) is 0 Å². The van der Waals surface area contributed by atoms with E-state index in [9.17, 15) is 14.7 Å². The first kappa shape index (κ1) is 14.4. The van der Waals surface area contributed by atoms with Gasteiger partial charge >= 0.3 is 5.97 Å². The number of H-pyrrole nitrogens is 2. The molecule has 1 atom stereocenters. The zero-order valence-corrected chi connectivity index (χ0v) is 12.7. The van der Waals surface area contributed by atoms with Crippen molar-refractivity contribution in [1.82, 2.24) is 25.1 Å². The monoisotopic (exact) mass is 325 g/mol. The number of hydrogen-bond acceptors (Lipinski definition) is 4. The molecule has 0 saturated carbocycles. The van der Waals surface area contributed by atoms with Crippen molar-refractivity contribution in [2.24, 2.45) is 0 Å². The Bertz CT molecular complexity index is 929. The minimum atomic E-state index is -1.02. The maximum atomic E-state index is 12.7. The number of fused-ring (bicyclic) bond motifs is 2. The van der Waals surface area contributed by atoms with E-state index in [1.807, 2.05) is 24.3 Å². The van der Waals surface area contributed by atoms with Crippen molar-refractivity contribution in [3.05, 3.63) is 47.7 Å². The number of nitrogens with zero attached hydrogens (tertiary/aromatic N) is 3. The van der Waals surface area contributed by atoms with Crippen molar-refractivity contribution >= 4 is 22.8 Å². The normalized spacial score (nSPS) is 17.0. The van der Waals surface area contributed by atoms with Crippen LogP contribution in [0.15, 0.2) is 30.6 Å². The zero-order chi connectivity index (χ0) is 16.7. The third kappa shape index (κ3) is 2.32. The van der Waals surface area contributed by atoms with Gasteiger partial charge in [-0.2, -0.15) is 5.10 Å². The largest absolute Gasteiger partial charge is 0.480 e. The average molecular weight is 325 g/mol. The Morgan fingerprint density at radius 3 is 3.00 bits per heavy atom. The van der Waals surface area contributed by atoms with Crippen LogP contribution < -0.4 is 0 Å². The summed E-state index contributed by atoms with van der Waals surface area (Å²) in [5.74, 6) is -1.27.